The largest absolute Gasteiger partial charge is 0.448 e. The molecule has 3 heterocycles. The molecular weight excluding hydrogens is 324 g/mol. The van der Waals surface area contributed by atoms with Gasteiger partial charge in [0.05, 0.1) is 0 Å². The van der Waals surface area contributed by atoms with E-state index >= 15 is 0 Å². The number of aromatic nitrogens is 2. The van der Waals surface area contributed by atoms with Crippen LogP contribution in [-0.4, -0.2) is 16.8 Å². The highest BCUT2D eigenvalue weighted by atomic mass is 16.6. The van der Waals surface area contributed by atoms with Gasteiger partial charge in [0.25, 0.3) is 6.33 Å². The van der Waals surface area contributed by atoms with Crippen molar-refractivity contribution in [3.8, 4) is 11.8 Å². The van der Waals surface area contributed by atoms with Crippen molar-refractivity contribution in [1.82, 2.24) is 4.57 Å². The van der Waals surface area contributed by atoms with E-state index in [1.54, 1.807) is 0 Å². The first-order chi connectivity index (χ1) is 12.4. The van der Waals surface area contributed by atoms with Crippen LogP contribution in [0.3, 0.4) is 0 Å². The Balaban J connectivity index is 0.00000137. The van der Waals surface area contributed by atoms with Crippen LogP contribution in [0.15, 0.2) is 54.9 Å². The third kappa shape index (κ3) is 1.54. The first-order valence-corrected chi connectivity index (χ1v) is 9.03. The molecule has 26 heavy (non-hydrogen) atoms. The first kappa shape index (κ1) is 14.4. The van der Waals surface area contributed by atoms with Crippen molar-refractivity contribution in [3.05, 3.63) is 84.5 Å². The number of imidazole rings is 1. The van der Waals surface area contributed by atoms with E-state index in [9.17, 15) is 0 Å². The van der Waals surface area contributed by atoms with Gasteiger partial charge in [-0.2, -0.15) is 9.13 Å². The fourth-order valence-electron chi connectivity index (χ4n) is 5.31. The van der Waals surface area contributed by atoms with E-state index in [2.05, 4.69) is 64.0 Å². The molecule has 0 bridgehead atoms. The average molecular weight is 344 g/mol. The summed E-state index contributed by atoms with van der Waals surface area (Å²) in [6, 6.07) is 18.0. The topological polar surface area (TPSA) is 27.3 Å². The minimum absolute atomic E-state index is 0. The number of hydrogen-bond acceptors (Lipinski definition) is 2. The number of ether oxygens (including phenoxy) is 2. The van der Waals surface area contributed by atoms with Crippen molar-refractivity contribution in [1.29, 1.82) is 0 Å². The minimum Gasteiger partial charge on any atom is -0.448 e. The van der Waals surface area contributed by atoms with Crippen LogP contribution in [0.5, 0.6) is 11.8 Å². The highest BCUT2D eigenvalue weighted by Gasteiger charge is 2.55. The van der Waals surface area contributed by atoms with Crippen LogP contribution in [0.1, 0.15) is 34.3 Å². The van der Waals surface area contributed by atoms with Gasteiger partial charge in [-0.05, 0) is 11.1 Å². The van der Waals surface area contributed by atoms with Gasteiger partial charge in [0, 0.05) is 24.0 Å². The molecule has 4 aliphatic rings. The Morgan fingerprint density at radius 3 is 2.38 bits per heavy atom. The number of nitrogens with zero attached hydrogens (tertiary/aromatic N) is 2. The lowest BCUT2D eigenvalue weighted by Crippen LogP contribution is -2.38. The van der Waals surface area contributed by atoms with Crippen LogP contribution in [0.25, 0.3) is 0 Å². The molecule has 0 amide bonds. The minimum atomic E-state index is 0. The third-order valence-electron chi connectivity index (χ3n) is 6.32. The molecule has 1 aromatic heterocycles. The second kappa shape index (κ2) is 4.70. The molecule has 0 saturated heterocycles. The fourth-order valence-corrected chi connectivity index (χ4v) is 5.31. The summed E-state index contributed by atoms with van der Waals surface area (Å²) in [5.41, 5.74) is 5.60. The standard InChI is InChI=1S/C21H17N2O2.CH3/c1-3-7-14-12(5-1)9-16-18(14)22-11-23-19-15-8-4-2-6-13(15)10-17(19)25-21(23)20(22)24-16;/h1-8,11,16-19H,9-10H2;1H3/q+1;-1/t16-,17?,18+,19+;/m1./s1. The number of hydrogen-bond donors (Lipinski definition) is 0. The Morgan fingerprint density at radius 2 is 1.54 bits per heavy atom. The normalized spacial score (nSPS) is 28.0. The Morgan fingerprint density at radius 1 is 0.846 bits per heavy atom. The molecule has 2 aliphatic heterocycles. The number of benzene rings is 2. The zero-order valence-electron chi connectivity index (χ0n) is 14.6. The summed E-state index contributed by atoms with van der Waals surface area (Å²) in [4.78, 5) is 0. The molecule has 3 aromatic rings. The van der Waals surface area contributed by atoms with Gasteiger partial charge < -0.3 is 16.9 Å². The maximum absolute atomic E-state index is 6.37. The van der Waals surface area contributed by atoms with Gasteiger partial charge in [-0.15, -0.1) is 0 Å². The van der Waals surface area contributed by atoms with Crippen molar-refractivity contribution in [3.63, 3.8) is 0 Å². The maximum atomic E-state index is 6.37. The Labute approximate surface area is 152 Å². The molecule has 0 radical (unpaired) electrons. The lowest BCUT2D eigenvalue weighted by Gasteiger charge is -2.08. The highest BCUT2D eigenvalue weighted by molar-refractivity contribution is 5.44. The summed E-state index contributed by atoms with van der Waals surface area (Å²) in [5, 5.41) is 0. The first-order valence-electron chi connectivity index (χ1n) is 9.03. The van der Waals surface area contributed by atoms with Crippen molar-refractivity contribution < 1.29 is 14.0 Å². The molecular formula is C22H20N2O2. The summed E-state index contributed by atoms with van der Waals surface area (Å²) in [7, 11) is 0. The van der Waals surface area contributed by atoms with E-state index in [-0.39, 0.29) is 31.7 Å². The van der Waals surface area contributed by atoms with Gasteiger partial charge in [0.2, 0.25) is 0 Å². The Bertz CT molecular complexity index is 972. The lowest BCUT2D eigenvalue weighted by atomic mass is 10.1. The van der Waals surface area contributed by atoms with Gasteiger partial charge in [0.15, 0.2) is 24.3 Å². The van der Waals surface area contributed by atoms with E-state index in [1.165, 1.54) is 22.3 Å². The zero-order valence-corrected chi connectivity index (χ0v) is 14.6. The van der Waals surface area contributed by atoms with Crippen molar-refractivity contribution in [2.45, 2.75) is 37.1 Å². The number of fused-ring (bicyclic) bond motifs is 11. The summed E-state index contributed by atoms with van der Waals surface area (Å²) < 4.78 is 17.3. The van der Waals surface area contributed by atoms with Crippen LogP contribution < -0.4 is 14.0 Å². The molecule has 0 fully saturated rings. The Hall–Kier alpha value is -2.75. The van der Waals surface area contributed by atoms with Crippen LogP contribution in [0.4, 0.5) is 0 Å². The van der Waals surface area contributed by atoms with Gasteiger partial charge in [-0.25, -0.2) is 0 Å². The van der Waals surface area contributed by atoms with E-state index in [1.807, 2.05) is 0 Å². The zero-order chi connectivity index (χ0) is 16.1. The van der Waals surface area contributed by atoms with Gasteiger partial charge in [-0.1, -0.05) is 48.5 Å². The van der Waals surface area contributed by atoms with Gasteiger partial charge >= 0.3 is 11.8 Å². The molecule has 0 saturated carbocycles. The van der Waals surface area contributed by atoms with E-state index in [4.69, 9.17) is 9.47 Å². The van der Waals surface area contributed by atoms with Crippen LogP contribution in [0, 0.1) is 7.43 Å². The maximum Gasteiger partial charge on any atom is 0.373 e. The molecule has 4 atom stereocenters. The van der Waals surface area contributed by atoms with Crippen molar-refractivity contribution in [2.24, 2.45) is 0 Å². The van der Waals surface area contributed by atoms with Crippen LogP contribution in [-0.2, 0) is 12.8 Å². The van der Waals surface area contributed by atoms with E-state index in [0.29, 0.717) is 0 Å². The second-order valence-corrected chi connectivity index (χ2v) is 7.55. The molecule has 4 nitrogen and oxygen atoms in total. The van der Waals surface area contributed by atoms with E-state index < -0.39 is 0 Å². The third-order valence-corrected chi connectivity index (χ3v) is 6.32. The Kier molecular flexibility index (Phi) is 2.61. The van der Waals surface area contributed by atoms with E-state index in [0.717, 1.165) is 24.6 Å². The van der Waals surface area contributed by atoms with Gasteiger partial charge in [0.1, 0.15) is 0 Å². The predicted octanol–water partition coefficient (Wildman–Crippen LogP) is 3.04. The monoisotopic (exact) mass is 344 g/mol. The second-order valence-electron chi connectivity index (χ2n) is 7.55. The molecule has 130 valence electrons. The fraction of sp³-hybridized carbons (Fsp3) is 0.273. The summed E-state index contributed by atoms with van der Waals surface area (Å²) in [6.45, 7) is 0. The summed E-state index contributed by atoms with van der Waals surface area (Å²) in [5.74, 6) is 1.83. The molecule has 2 aliphatic carbocycles. The average Bonchev–Trinajstić information content (AvgIpc) is 3.36. The SMILES string of the molecule is [CH3-].c1ccc2c(c1)CC1Oc3c4[n+](cn3[C@@H]21)[C@H]1c2ccccc2C[C@H]1O4. The summed E-state index contributed by atoms with van der Waals surface area (Å²) >= 11 is 0. The molecule has 0 N–H and O–H groups in total. The van der Waals surface area contributed by atoms with Gasteiger partial charge in [-0.3, -0.25) is 0 Å². The smallest absolute Gasteiger partial charge is 0.373 e. The van der Waals surface area contributed by atoms with Crippen molar-refractivity contribution in [2.75, 3.05) is 0 Å². The van der Waals surface area contributed by atoms with Crippen LogP contribution in [0.2, 0.25) is 0 Å². The molecule has 7 rings (SSSR count). The van der Waals surface area contributed by atoms with Crippen LogP contribution >= 0.6 is 0 Å². The molecule has 1 unspecified atom stereocenters. The molecule has 4 heteroatoms. The quantitative estimate of drug-likeness (QED) is 0.463. The summed E-state index contributed by atoms with van der Waals surface area (Å²) in [6.07, 6.45) is 4.60. The molecule has 0 spiro atoms. The van der Waals surface area contributed by atoms with Crippen molar-refractivity contribution >= 4 is 0 Å². The molecule has 2 aromatic carbocycles. The number of rotatable bonds is 0. The predicted molar refractivity (Wildman–Crippen MR) is 96.4 cm³/mol. The highest BCUT2D eigenvalue weighted by Crippen LogP contribution is 2.50. The lowest BCUT2D eigenvalue weighted by molar-refractivity contribution is -0.697.